The van der Waals surface area contributed by atoms with Gasteiger partial charge in [0.2, 0.25) is 0 Å². The number of halogens is 2. The first-order valence-corrected chi connectivity index (χ1v) is 7.46. The van der Waals surface area contributed by atoms with Crippen molar-refractivity contribution >= 4 is 27.5 Å². The Balaban J connectivity index is 2.55. The lowest BCUT2D eigenvalue weighted by molar-refractivity contribution is 0.405. The summed E-state index contributed by atoms with van der Waals surface area (Å²) in [5.74, 6) is 0.724. The first-order chi connectivity index (χ1) is 9.43. The summed E-state index contributed by atoms with van der Waals surface area (Å²) in [5, 5.41) is 0.632. The average molecular weight is 355 g/mol. The number of nitrogens with two attached hydrogens (primary N) is 1. The minimum absolute atomic E-state index is 0.277. The second kappa shape index (κ2) is 6.17. The van der Waals surface area contributed by atoms with E-state index in [0.29, 0.717) is 5.02 Å². The maximum Gasteiger partial charge on any atom is 0.138 e. The molecule has 2 nitrogen and oxygen atoms in total. The van der Waals surface area contributed by atoms with Gasteiger partial charge in [-0.05, 0) is 53.0 Å². The first-order valence-electron chi connectivity index (χ1n) is 6.29. The lowest BCUT2D eigenvalue weighted by atomic mass is 9.94. The Bertz CT molecular complexity index is 643. The van der Waals surface area contributed by atoms with Crippen molar-refractivity contribution in [1.29, 1.82) is 0 Å². The van der Waals surface area contributed by atoms with Gasteiger partial charge in [-0.2, -0.15) is 0 Å². The number of hydrogen-bond donors (Lipinski definition) is 1. The van der Waals surface area contributed by atoms with Gasteiger partial charge in [0.25, 0.3) is 0 Å². The summed E-state index contributed by atoms with van der Waals surface area (Å²) in [6, 6.07) is 9.63. The fraction of sp³-hybridized carbons (Fsp3) is 0.250. The third-order valence-electron chi connectivity index (χ3n) is 3.34. The molecule has 0 saturated carbocycles. The average Bonchev–Trinajstić information content (AvgIpc) is 2.37. The molecule has 1 atom stereocenters. The minimum atomic E-state index is -0.277. The monoisotopic (exact) mass is 353 g/mol. The zero-order chi connectivity index (χ0) is 14.9. The Morgan fingerprint density at radius 2 is 1.85 bits per heavy atom. The quantitative estimate of drug-likeness (QED) is 0.861. The molecule has 0 amide bonds. The van der Waals surface area contributed by atoms with E-state index < -0.39 is 0 Å². The molecule has 0 spiro atoms. The fourth-order valence-corrected chi connectivity index (χ4v) is 3.36. The third kappa shape index (κ3) is 3.00. The van der Waals surface area contributed by atoms with Crippen molar-refractivity contribution in [2.75, 3.05) is 7.11 Å². The topological polar surface area (TPSA) is 35.2 Å². The van der Waals surface area contributed by atoms with Gasteiger partial charge >= 0.3 is 0 Å². The van der Waals surface area contributed by atoms with Crippen molar-refractivity contribution in [2.45, 2.75) is 19.9 Å². The molecule has 4 heteroatoms. The van der Waals surface area contributed by atoms with E-state index in [1.807, 2.05) is 6.07 Å². The normalized spacial score (nSPS) is 12.3. The van der Waals surface area contributed by atoms with E-state index in [1.165, 1.54) is 5.56 Å². The molecule has 0 aromatic heterocycles. The molecular weight excluding hydrogens is 338 g/mol. The summed E-state index contributed by atoms with van der Waals surface area (Å²) in [5.41, 5.74) is 10.8. The van der Waals surface area contributed by atoms with E-state index >= 15 is 0 Å². The number of methoxy groups -OCH3 is 1. The van der Waals surface area contributed by atoms with Gasteiger partial charge in [-0.15, -0.1) is 0 Å². The fourth-order valence-electron chi connectivity index (χ4n) is 2.37. The summed E-state index contributed by atoms with van der Waals surface area (Å²) in [7, 11) is 1.63. The first kappa shape index (κ1) is 15.4. The molecule has 106 valence electrons. The van der Waals surface area contributed by atoms with E-state index in [2.05, 4.69) is 48.0 Å². The van der Waals surface area contributed by atoms with Crippen molar-refractivity contribution in [1.82, 2.24) is 0 Å². The number of aryl methyl sites for hydroxylation is 2. The molecule has 0 aliphatic heterocycles. The maximum atomic E-state index is 6.42. The summed E-state index contributed by atoms with van der Waals surface area (Å²) < 4.78 is 6.26. The number of rotatable bonds is 3. The Morgan fingerprint density at radius 1 is 1.15 bits per heavy atom. The Morgan fingerprint density at radius 3 is 2.45 bits per heavy atom. The summed E-state index contributed by atoms with van der Waals surface area (Å²) in [6.45, 7) is 4.13. The number of ether oxygens (including phenoxy) is 1. The van der Waals surface area contributed by atoms with Crippen LogP contribution >= 0.6 is 27.5 Å². The van der Waals surface area contributed by atoms with Gasteiger partial charge in [0.15, 0.2) is 0 Å². The molecule has 0 fully saturated rings. The zero-order valence-corrected chi connectivity index (χ0v) is 14.0. The highest BCUT2D eigenvalue weighted by molar-refractivity contribution is 9.10. The second-order valence-electron chi connectivity index (χ2n) is 4.85. The summed E-state index contributed by atoms with van der Waals surface area (Å²) >= 11 is 9.60. The molecule has 2 rings (SSSR count). The van der Waals surface area contributed by atoms with Gasteiger partial charge in [0.1, 0.15) is 5.75 Å². The smallest absolute Gasteiger partial charge is 0.138 e. The molecular formula is C16H17BrClNO. The van der Waals surface area contributed by atoms with Crippen LogP contribution in [0.5, 0.6) is 5.75 Å². The SMILES string of the molecule is COc1c(Br)cc(Cl)cc1C(N)c1ccc(C)cc1C. The van der Waals surface area contributed by atoms with Crippen LogP contribution in [-0.4, -0.2) is 7.11 Å². The van der Waals surface area contributed by atoms with E-state index in [0.717, 1.165) is 26.9 Å². The van der Waals surface area contributed by atoms with E-state index in [9.17, 15) is 0 Å². The minimum Gasteiger partial charge on any atom is -0.495 e. The molecule has 2 N–H and O–H groups in total. The van der Waals surface area contributed by atoms with E-state index in [4.69, 9.17) is 22.1 Å². The lowest BCUT2D eigenvalue weighted by Gasteiger charge is -2.19. The zero-order valence-electron chi connectivity index (χ0n) is 11.7. The van der Waals surface area contributed by atoms with Gasteiger partial charge in [-0.1, -0.05) is 35.4 Å². The molecule has 2 aromatic rings. The number of hydrogen-bond acceptors (Lipinski definition) is 2. The van der Waals surface area contributed by atoms with Gasteiger partial charge in [0, 0.05) is 10.6 Å². The van der Waals surface area contributed by atoms with E-state index in [-0.39, 0.29) is 6.04 Å². The van der Waals surface area contributed by atoms with Crippen molar-refractivity contribution in [3.05, 3.63) is 62.1 Å². The van der Waals surface area contributed by atoms with Gasteiger partial charge in [-0.25, -0.2) is 0 Å². The molecule has 2 aromatic carbocycles. The Kier molecular flexibility index (Phi) is 4.74. The predicted molar refractivity (Wildman–Crippen MR) is 87.7 cm³/mol. The van der Waals surface area contributed by atoms with Crippen LogP contribution in [0.1, 0.15) is 28.3 Å². The largest absolute Gasteiger partial charge is 0.495 e. The highest BCUT2D eigenvalue weighted by Gasteiger charge is 2.19. The molecule has 0 heterocycles. The van der Waals surface area contributed by atoms with Crippen LogP contribution in [0.2, 0.25) is 5.02 Å². The summed E-state index contributed by atoms with van der Waals surface area (Å²) in [6.07, 6.45) is 0. The molecule has 0 aliphatic rings. The highest BCUT2D eigenvalue weighted by Crippen LogP contribution is 2.38. The Hall–Kier alpha value is -1.03. The predicted octanol–water partition coefficient (Wildman–Crippen LogP) is 4.78. The van der Waals surface area contributed by atoms with Crippen molar-refractivity contribution < 1.29 is 4.74 Å². The van der Waals surface area contributed by atoms with Crippen LogP contribution in [-0.2, 0) is 0 Å². The molecule has 0 radical (unpaired) electrons. The lowest BCUT2D eigenvalue weighted by Crippen LogP contribution is -2.14. The maximum absolute atomic E-state index is 6.42. The molecule has 0 bridgehead atoms. The molecule has 20 heavy (non-hydrogen) atoms. The van der Waals surface area contributed by atoms with Crippen LogP contribution < -0.4 is 10.5 Å². The van der Waals surface area contributed by atoms with Gasteiger partial charge in [-0.3, -0.25) is 0 Å². The standard InChI is InChI=1S/C16H17BrClNO/c1-9-4-5-12(10(2)6-9)15(19)13-7-11(18)8-14(17)16(13)20-3/h4-8,15H,19H2,1-3H3. The van der Waals surface area contributed by atoms with Crippen LogP contribution in [0, 0.1) is 13.8 Å². The molecule has 1 unspecified atom stereocenters. The van der Waals surface area contributed by atoms with Gasteiger partial charge < -0.3 is 10.5 Å². The van der Waals surface area contributed by atoms with Crippen LogP contribution in [0.15, 0.2) is 34.8 Å². The molecule has 0 aliphatic carbocycles. The second-order valence-corrected chi connectivity index (χ2v) is 6.14. The number of benzene rings is 2. The van der Waals surface area contributed by atoms with Crippen molar-refractivity contribution in [3.63, 3.8) is 0 Å². The summed E-state index contributed by atoms with van der Waals surface area (Å²) in [4.78, 5) is 0. The third-order valence-corrected chi connectivity index (χ3v) is 4.14. The van der Waals surface area contributed by atoms with Crippen molar-refractivity contribution in [3.8, 4) is 5.75 Å². The van der Waals surface area contributed by atoms with Crippen molar-refractivity contribution in [2.24, 2.45) is 5.73 Å². The van der Waals surface area contributed by atoms with Crippen LogP contribution in [0.25, 0.3) is 0 Å². The molecule has 0 saturated heterocycles. The van der Waals surface area contributed by atoms with E-state index in [1.54, 1.807) is 13.2 Å². The Labute approximate surface area is 133 Å². The highest BCUT2D eigenvalue weighted by atomic mass is 79.9. The van der Waals surface area contributed by atoms with Gasteiger partial charge in [0.05, 0.1) is 17.6 Å². The van der Waals surface area contributed by atoms with Crippen LogP contribution in [0.4, 0.5) is 0 Å². The van der Waals surface area contributed by atoms with Crippen LogP contribution in [0.3, 0.4) is 0 Å².